The first kappa shape index (κ1) is 18.1. The van der Waals surface area contributed by atoms with Gasteiger partial charge in [0.2, 0.25) is 5.91 Å². The molecule has 0 atom stereocenters. The SMILES string of the molecule is Cc1nc2c(C#N)c[nH]n2c(=O)c1CC(=O)NCc1ccc(-n2cccn2)nc1. The minimum atomic E-state index is -0.394. The summed E-state index contributed by atoms with van der Waals surface area (Å²) in [6.45, 7) is 1.93. The topological polar surface area (TPSA) is 134 Å². The Kier molecular flexibility index (Phi) is 4.62. The molecule has 0 spiro atoms. The second-order valence-corrected chi connectivity index (χ2v) is 6.37. The Hall–Kier alpha value is -4.26. The van der Waals surface area contributed by atoms with E-state index in [1.165, 1.54) is 10.7 Å². The minimum absolute atomic E-state index is 0.111. The van der Waals surface area contributed by atoms with Gasteiger partial charge < -0.3 is 5.32 Å². The molecular weight excluding hydrogens is 372 g/mol. The van der Waals surface area contributed by atoms with Crippen molar-refractivity contribution in [2.24, 2.45) is 0 Å². The summed E-state index contributed by atoms with van der Waals surface area (Å²) in [6.07, 6.45) is 6.42. The molecule has 0 aliphatic carbocycles. The van der Waals surface area contributed by atoms with Crippen LogP contribution in [0.3, 0.4) is 0 Å². The standard InChI is InChI=1S/C19H16N8O2/c1-12-15(19(29)27-18(25-12)14(8-20)11-24-27)7-17(28)22-10-13-3-4-16(21-9-13)26-6-2-5-23-26/h2-6,9,11,24H,7,10H2,1H3,(H,22,28). The van der Waals surface area contributed by atoms with Gasteiger partial charge in [-0.1, -0.05) is 6.07 Å². The molecule has 0 unspecified atom stereocenters. The lowest BCUT2D eigenvalue weighted by atomic mass is 10.1. The number of carbonyl (C=O) groups is 1. The molecule has 0 saturated carbocycles. The lowest BCUT2D eigenvalue weighted by molar-refractivity contribution is -0.120. The lowest BCUT2D eigenvalue weighted by Crippen LogP contribution is -2.30. The fourth-order valence-electron chi connectivity index (χ4n) is 2.93. The van der Waals surface area contributed by atoms with Gasteiger partial charge in [0.05, 0.1) is 6.42 Å². The number of amides is 1. The van der Waals surface area contributed by atoms with Gasteiger partial charge in [0.15, 0.2) is 11.5 Å². The molecule has 4 aromatic rings. The third kappa shape index (κ3) is 3.49. The van der Waals surface area contributed by atoms with E-state index >= 15 is 0 Å². The highest BCUT2D eigenvalue weighted by atomic mass is 16.2. The number of pyridine rings is 1. The molecule has 10 nitrogen and oxygen atoms in total. The summed E-state index contributed by atoms with van der Waals surface area (Å²) in [4.78, 5) is 33.6. The van der Waals surface area contributed by atoms with E-state index in [0.717, 1.165) is 5.56 Å². The second-order valence-electron chi connectivity index (χ2n) is 6.37. The summed E-state index contributed by atoms with van der Waals surface area (Å²) in [5, 5.41) is 18.7. The predicted octanol–water partition coefficient (Wildman–Crippen LogP) is 0.642. The lowest BCUT2D eigenvalue weighted by Gasteiger charge is -2.08. The molecule has 0 aromatic carbocycles. The number of aryl methyl sites for hydroxylation is 1. The Balaban J connectivity index is 1.45. The molecule has 0 aliphatic rings. The van der Waals surface area contributed by atoms with Gasteiger partial charge in [-0.05, 0) is 24.6 Å². The van der Waals surface area contributed by atoms with Crippen LogP contribution >= 0.6 is 0 Å². The maximum absolute atomic E-state index is 12.6. The number of H-pyrrole nitrogens is 1. The van der Waals surface area contributed by atoms with Crippen LogP contribution in [0, 0.1) is 18.3 Å². The van der Waals surface area contributed by atoms with Crippen molar-refractivity contribution in [3.05, 3.63) is 75.7 Å². The maximum atomic E-state index is 12.6. The van der Waals surface area contributed by atoms with E-state index in [-0.39, 0.29) is 35.6 Å². The first-order valence-corrected chi connectivity index (χ1v) is 8.78. The smallest absolute Gasteiger partial charge is 0.276 e. The van der Waals surface area contributed by atoms with Gasteiger partial charge in [0.1, 0.15) is 11.6 Å². The van der Waals surface area contributed by atoms with E-state index in [1.54, 1.807) is 42.3 Å². The first-order valence-electron chi connectivity index (χ1n) is 8.78. The van der Waals surface area contributed by atoms with Crippen LogP contribution in [0.15, 0.2) is 47.8 Å². The van der Waals surface area contributed by atoms with Gasteiger partial charge in [0.25, 0.3) is 5.56 Å². The molecular formula is C19H16N8O2. The monoisotopic (exact) mass is 388 g/mol. The quantitative estimate of drug-likeness (QED) is 0.515. The number of aromatic amines is 1. The zero-order valence-corrected chi connectivity index (χ0v) is 15.5. The van der Waals surface area contributed by atoms with Crippen LogP contribution in [-0.2, 0) is 17.8 Å². The van der Waals surface area contributed by atoms with Crippen LogP contribution in [0.1, 0.15) is 22.4 Å². The van der Waals surface area contributed by atoms with Gasteiger partial charge in [0, 0.05) is 42.6 Å². The zero-order chi connectivity index (χ0) is 20.4. The van der Waals surface area contributed by atoms with Crippen LogP contribution in [0.5, 0.6) is 0 Å². The number of hydrogen-bond donors (Lipinski definition) is 2. The summed E-state index contributed by atoms with van der Waals surface area (Å²) in [5.41, 5.74) is 1.65. The Morgan fingerprint density at radius 2 is 2.24 bits per heavy atom. The molecule has 0 bridgehead atoms. The van der Waals surface area contributed by atoms with E-state index in [0.29, 0.717) is 11.5 Å². The number of aromatic nitrogens is 6. The van der Waals surface area contributed by atoms with E-state index in [4.69, 9.17) is 5.26 Å². The molecule has 29 heavy (non-hydrogen) atoms. The molecule has 10 heteroatoms. The van der Waals surface area contributed by atoms with Gasteiger partial charge in [-0.25, -0.2) is 19.2 Å². The number of nitrogens with one attached hydrogen (secondary N) is 2. The maximum Gasteiger partial charge on any atom is 0.276 e. The van der Waals surface area contributed by atoms with E-state index in [1.807, 2.05) is 12.1 Å². The van der Waals surface area contributed by atoms with Crippen molar-refractivity contribution < 1.29 is 4.79 Å². The fraction of sp³-hybridized carbons (Fsp3) is 0.158. The summed E-state index contributed by atoms with van der Waals surface area (Å²) in [6, 6.07) is 7.43. The number of carbonyl (C=O) groups excluding carboxylic acids is 1. The van der Waals surface area contributed by atoms with Crippen LogP contribution in [0.4, 0.5) is 0 Å². The Morgan fingerprint density at radius 3 is 2.93 bits per heavy atom. The summed E-state index contributed by atoms with van der Waals surface area (Å²) in [5.74, 6) is 0.367. The molecule has 4 heterocycles. The van der Waals surface area contributed by atoms with Gasteiger partial charge >= 0.3 is 0 Å². The van der Waals surface area contributed by atoms with Crippen molar-refractivity contribution >= 4 is 11.6 Å². The third-order valence-corrected chi connectivity index (χ3v) is 4.46. The van der Waals surface area contributed by atoms with E-state index in [2.05, 4.69) is 25.5 Å². The molecule has 144 valence electrons. The number of rotatable bonds is 5. The summed E-state index contributed by atoms with van der Waals surface area (Å²) in [7, 11) is 0. The molecule has 1 amide bonds. The van der Waals surface area contributed by atoms with Crippen molar-refractivity contribution in [2.45, 2.75) is 19.9 Å². The summed E-state index contributed by atoms with van der Waals surface area (Å²) >= 11 is 0. The van der Waals surface area contributed by atoms with E-state index in [9.17, 15) is 9.59 Å². The van der Waals surface area contributed by atoms with Crippen LogP contribution in [-0.4, -0.2) is 35.3 Å². The Labute approximate surface area is 164 Å². The highest BCUT2D eigenvalue weighted by Crippen LogP contribution is 2.09. The average Bonchev–Trinajstić information content (AvgIpc) is 3.40. The number of fused-ring (bicyclic) bond motifs is 1. The molecule has 4 rings (SSSR count). The van der Waals surface area contributed by atoms with Crippen LogP contribution < -0.4 is 10.9 Å². The predicted molar refractivity (Wildman–Crippen MR) is 102 cm³/mol. The van der Waals surface area contributed by atoms with Gasteiger partial charge in [-0.15, -0.1) is 0 Å². The fourth-order valence-corrected chi connectivity index (χ4v) is 2.93. The van der Waals surface area contributed by atoms with Crippen LogP contribution in [0.2, 0.25) is 0 Å². The Bertz CT molecular complexity index is 1280. The van der Waals surface area contributed by atoms with Crippen molar-refractivity contribution in [3.8, 4) is 11.9 Å². The Morgan fingerprint density at radius 1 is 1.38 bits per heavy atom. The molecule has 2 N–H and O–H groups in total. The number of hydrogen-bond acceptors (Lipinski definition) is 6. The van der Waals surface area contributed by atoms with Crippen molar-refractivity contribution in [1.29, 1.82) is 5.26 Å². The zero-order valence-electron chi connectivity index (χ0n) is 15.5. The first-order chi connectivity index (χ1) is 14.1. The largest absolute Gasteiger partial charge is 0.352 e. The van der Waals surface area contributed by atoms with Crippen molar-refractivity contribution in [2.75, 3.05) is 0 Å². The van der Waals surface area contributed by atoms with Gasteiger partial charge in [-0.2, -0.15) is 10.4 Å². The average molecular weight is 388 g/mol. The molecule has 0 saturated heterocycles. The van der Waals surface area contributed by atoms with E-state index < -0.39 is 5.56 Å². The second kappa shape index (κ2) is 7.40. The molecule has 0 radical (unpaired) electrons. The summed E-state index contributed by atoms with van der Waals surface area (Å²) < 4.78 is 2.81. The van der Waals surface area contributed by atoms with Gasteiger partial charge in [-0.3, -0.25) is 14.7 Å². The third-order valence-electron chi connectivity index (χ3n) is 4.46. The minimum Gasteiger partial charge on any atom is -0.352 e. The van der Waals surface area contributed by atoms with Crippen molar-refractivity contribution in [3.63, 3.8) is 0 Å². The van der Waals surface area contributed by atoms with Crippen LogP contribution in [0.25, 0.3) is 11.5 Å². The highest BCUT2D eigenvalue weighted by molar-refractivity contribution is 5.78. The number of nitrogens with zero attached hydrogens (tertiary/aromatic N) is 6. The van der Waals surface area contributed by atoms with Crippen molar-refractivity contribution in [1.82, 2.24) is 34.7 Å². The molecule has 0 aliphatic heterocycles. The highest BCUT2D eigenvalue weighted by Gasteiger charge is 2.16. The number of nitriles is 1. The molecule has 0 fully saturated rings. The normalized spacial score (nSPS) is 10.8. The molecule has 4 aromatic heterocycles.